The van der Waals surface area contributed by atoms with E-state index in [1.807, 2.05) is 0 Å². The maximum Gasteiger partial charge on any atom is 0.0852 e. The lowest BCUT2D eigenvalue weighted by atomic mass is 10.1. The largest absolute Gasteiger partial charge is 0.374 e. The van der Waals surface area contributed by atoms with Crippen molar-refractivity contribution in [3.8, 4) is 0 Å². The van der Waals surface area contributed by atoms with Crippen LogP contribution in [0.4, 0.5) is 0 Å². The summed E-state index contributed by atoms with van der Waals surface area (Å²) in [4.78, 5) is 2.36. The number of hydrogen-bond donors (Lipinski definition) is 1. The van der Waals surface area contributed by atoms with Gasteiger partial charge in [0.1, 0.15) is 0 Å². The van der Waals surface area contributed by atoms with Crippen LogP contribution in [0.25, 0.3) is 0 Å². The van der Waals surface area contributed by atoms with Gasteiger partial charge in [-0.1, -0.05) is 0 Å². The van der Waals surface area contributed by atoms with Gasteiger partial charge in [0.2, 0.25) is 0 Å². The highest BCUT2D eigenvalue weighted by Crippen LogP contribution is 2.32. The number of rotatable bonds is 4. The Bertz CT molecular complexity index is 206. The summed E-state index contributed by atoms with van der Waals surface area (Å²) in [6.07, 6.45) is 3.18. The van der Waals surface area contributed by atoms with Crippen molar-refractivity contribution in [3.05, 3.63) is 0 Å². The second-order valence-corrected chi connectivity index (χ2v) is 5.25. The van der Waals surface area contributed by atoms with Crippen LogP contribution in [0.5, 0.6) is 0 Å². The first-order valence-electron chi connectivity index (χ1n) is 6.23. The van der Waals surface area contributed by atoms with E-state index < -0.39 is 0 Å². The first kappa shape index (κ1) is 11.4. The van der Waals surface area contributed by atoms with E-state index in [2.05, 4.69) is 31.1 Å². The van der Waals surface area contributed by atoms with Crippen molar-refractivity contribution < 1.29 is 4.74 Å². The van der Waals surface area contributed by atoms with E-state index in [9.17, 15) is 0 Å². The summed E-state index contributed by atoms with van der Waals surface area (Å²) in [5, 5.41) is 3.68. The minimum absolute atomic E-state index is 0.366. The molecule has 3 heteroatoms. The normalized spacial score (nSPS) is 32.6. The molecule has 2 fully saturated rings. The Balaban J connectivity index is 1.75. The summed E-state index contributed by atoms with van der Waals surface area (Å²) in [6, 6.07) is 1.14. The van der Waals surface area contributed by atoms with Gasteiger partial charge in [-0.3, -0.25) is 0 Å². The molecule has 3 nitrogen and oxygen atoms in total. The molecule has 0 aromatic carbocycles. The van der Waals surface area contributed by atoms with Crippen LogP contribution < -0.4 is 5.32 Å². The Kier molecular flexibility index (Phi) is 3.65. The molecule has 2 rings (SSSR count). The molecule has 0 bridgehead atoms. The average Bonchev–Trinajstić information content (AvgIpc) is 3.00. The van der Waals surface area contributed by atoms with E-state index >= 15 is 0 Å². The van der Waals surface area contributed by atoms with E-state index in [4.69, 9.17) is 4.74 Å². The fourth-order valence-electron chi connectivity index (χ4n) is 2.37. The fourth-order valence-corrected chi connectivity index (χ4v) is 2.37. The fraction of sp³-hybridized carbons (Fsp3) is 1.00. The zero-order chi connectivity index (χ0) is 10.8. The van der Waals surface area contributed by atoms with Gasteiger partial charge < -0.3 is 15.0 Å². The SMILES string of the molecule is CC(NC(C)C1CN(C)CCO1)C1CC1. The van der Waals surface area contributed by atoms with Crippen LogP contribution in [-0.2, 0) is 4.74 Å². The maximum atomic E-state index is 5.81. The molecule has 3 atom stereocenters. The first-order valence-corrected chi connectivity index (χ1v) is 6.23. The van der Waals surface area contributed by atoms with Crippen molar-refractivity contribution in [2.45, 2.75) is 44.9 Å². The Morgan fingerprint density at radius 1 is 1.27 bits per heavy atom. The van der Waals surface area contributed by atoms with Crippen LogP contribution >= 0.6 is 0 Å². The van der Waals surface area contributed by atoms with Crippen LogP contribution in [0.15, 0.2) is 0 Å². The summed E-state index contributed by atoms with van der Waals surface area (Å²) >= 11 is 0. The standard InChI is InChI=1S/C12H24N2O/c1-9(11-4-5-11)13-10(2)12-8-14(3)6-7-15-12/h9-13H,4-8H2,1-3H3. The molecular formula is C12H24N2O. The molecule has 1 saturated carbocycles. The van der Waals surface area contributed by atoms with Gasteiger partial charge >= 0.3 is 0 Å². The molecule has 0 aromatic heterocycles. The number of ether oxygens (including phenoxy) is 1. The summed E-state index contributed by atoms with van der Waals surface area (Å²) in [7, 11) is 2.17. The van der Waals surface area contributed by atoms with E-state index in [1.54, 1.807) is 0 Å². The summed E-state index contributed by atoms with van der Waals surface area (Å²) in [5.74, 6) is 0.925. The van der Waals surface area contributed by atoms with Crippen molar-refractivity contribution in [2.24, 2.45) is 5.92 Å². The molecule has 1 aliphatic heterocycles. The Morgan fingerprint density at radius 3 is 2.60 bits per heavy atom. The second kappa shape index (κ2) is 4.81. The smallest absolute Gasteiger partial charge is 0.0852 e. The van der Waals surface area contributed by atoms with Crippen molar-refractivity contribution in [2.75, 3.05) is 26.7 Å². The van der Waals surface area contributed by atoms with Gasteiger partial charge in [-0.25, -0.2) is 0 Å². The highest BCUT2D eigenvalue weighted by atomic mass is 16.5. The zero-order valence-electron chi connectivity index (χ0n) is 10.2. The van der Waals surface area contributed by atoms with Gasteiger partial charge in [-0.05, 0) is 39.7 Å². The molecule has 1 saturated heterocycles. The predicted octanol–water partition coefficient (Wildman–Crippen LogP) is 1.09. The van der Waals surface area contributed by atoms with Crippen LogP contribution in [0.3, 0.4) is 0 Å². The lowest BCUT2D eigenvalue weighted by Gasteiger charge is -2.35. The third kappa shape index (κ3) is 3.16. The third-order valence-corrected chi connectivity index (χ3v) is 3.71. The highest BCUT2D eigenvalue weighted by Gasteiger charge is 2.31. The summed E-state index contributed by atoms with van der Waals surface area (Å²) in [6.45, 7) is 7.57. The number of hydrogen-bond acceptors (Lipinski definition) is 3. The molecule has 88 valence electrons. The summed E-state index contributed by atoms with van der Waals surface area (Å²) in [5.41, 5.74) is 0. The molecular weight excluding hydrogens is 188 g/mol. The topological polar surface area (TPSA) is 24.5 Å². The quantitative estimate of drug-likeness (QED) is 0.755. The molecule has 1 N–H and O–H groups in total. The van der Waals surface area contributed by atoms with Crippen LogP contribution in [0, 0.1) is 5.92 Å². The lowest BCUT2D eigenvalue weighted by molar-refractivity contribution is -0.0371. The van der Waals surface area contributed by atoms with Gasteiger partial charge in [0.05, 0.1) is 12.7 Å². The van der Waals surface area contributed by atoms with Gasteiger partial charge in [-0.2, -0.15) is 0 Å². The number of nitrogens with one attached hydrogen (secondary N) is 1. The monoisotopic (exact) mass is 212 g/mol. The Hall–Kier alpha value is -0.120. The molecule has 0 radical (unpaired) electrons. The Labute approximate surface area is 93.2 Å². The molecule has 1 heterocycles. The Morgan fingerprint density at radius 2 is 2.00 bits per heavy atom. The van der Waals surface area contributed by atoms with Crippen LogP contribution in [0.1, 0.15) is 26.7 Å². The van der Waals surface area contributed by atoms with Gasteiger partial charge in [0.25, 0.3) is 0 Å². The molecule has 0 amide bonds. The van der Waals surface area contributed by atoms with E-state index in [1.165, 1.54) is 12.8 Å². The van der Waals surface area contributed by atoms with Crippen LogP contribution in [0.2, 0.25) is 0 Å². The number of morpholine rings is 1. The van der Waals surface area contributed by atoms with E-state index in [-0.39, 0.29) is 0 Å². The van der Waals surface area contributed by atoms with Gasteiger partial charge in [-0.15, -0.1) is 0 Å². The van der Waals surface area contributed by atoms with Gasteiger partial charge in [0.15, 0.2) is 0 Å². The minimum Gasteiger partial charge on any atom is -0.374 e. The van der Waals surface area contributed by atoms with E-state index in [0.29, 0.717) is 18.2 Å². The first-order chi connectivity index (χ1) is 7.16. The predicted molar refractivity (Wildman–Crippen MR) is 62.0 cm³/mol. The van der Waals surface area contributed by atoms with Gasteiger partial charge in [0, 0.05) is 25.2 Å². The molecule has 2 aliphatic rings. The van der Waals surface area contributed by atoms with Crippen molar-refractivity contribution >= 4 is 0 Å². The zero-order valence-corrected chi connectivity index (χ0v) is 10.2. The maximum absolute atomic E-state index is 5.81. The lowest BCUT2D eigenvalue weighted by Crippen LogP contribution is -2.52. The number of likely N-dealkylation sites (N-methyl/N-ethyl adjacent to an activating group) is 1. The van der Waals surface area contributed by atoms with Crippen molar-refractivity contribution in [1.82, 2.24) is 10.2 Å². The van der Waals surface area contributed by atoms with Crippen LogP contribution in [-0.4, -0.2) is 49.8 Å². The average molecular weight is 212 g/mol. The summed E-state index contributed by atoms with van der Waals surface area (Å²) < 4.78 is 5.81. The molecule has 3 unspecified atom stereocenters. The molecule has 1 aliphatic carbocycles. The second-order valence-electron chi connectivity index (χ2n) is 5.25. The van der Waals surface area contributed by atoms with Crippen molar-refractivity contribution in [1.29, 1.82) is 0 Å². The van der Waals surface area contributed by atoms with Crippen molar-refractivity contribution in [3.63, 3.8) is 0 Å². The number of nitrogens with zero attached hydrogens (tertiary/aromatic N) is 1. The highest BCUT2D eigenvalue weighted by molar-refractivity contribution is 4.87. The molecule has 0 spiro atoms. The van der Waals surface area contributed by atoms with E-state index in [0.717, 1.165) is 25.6 Å². The minimum atomic E-state index is 0.366. The third-order valence-electron chi connectivity index (χ3n) is 3.71. The molecule has 15 heavy (non-hydrogen) atoms. The molecule has 0 aromatic rings.